The molecule has 1 aliphatic heterocycles. The van der Waals surface area contributed by atoms with E-state index >= 15 is 0 Å². The second-order valence-electron chi connectivity index (χ2n) is 10.7. The molecule has 0 saturated heterocycles. The third-order valence-electron chi connectivity index (χ3n) is 7.65. The van der Waals surface area contributed by atoms with Gasteiger partial charge in [0, 0.05) is 36.8 Å². The molecule has 1 atom stereocenters. The highest BCUT2D eigenvalue weighted by molar-refractivity contribution is 7.90. The summed E-state index contributed by atoms with van der Waals surface area (Å²) in [5.41, 5.74) is -1.31. The first-order chi connectivity index (χ1) is 20.2. The van der Waals surface area contributed by atoms with Crippen LogP contribution in [0.2, 0.25) is 0 Å². The third kappa shape index (κ3) is 7.75. The van der Waals surface area contributed by atoms with Crippen molar-refractivity contribution in [2.24, 2.45) is 0 Å². The minimum absolute atomic E-state index is 0.0845. The number of unbranched alkanes of at least 4 members (excludes halogenated alkanes) is 1. The number of hydrogen-bond donors (Lipinski definition) is 4. The number of carbonyl (C=O) groups is 2. The molecule has 1 heterocycles. The lowest BCUT2D eigenvalue weighted by atomic mass is 9.66. The molecule has 0 saturated carbocycles. The Labute approximate surface area is 252 Å². The van der Waals surface area contributed by atoms with Crippen LogP contribution < -0.4 is 14.8 Å². The maximum Gasteiger partial charge on any atom is 0.334 e. The van der Waals surface area contributed by atoms with Crippen molar-refractivity contribution < 1.29 is 42.8 Å². The Kier molecular flexibility index (Phi) is 11.0. The lowest BCUT2D eigenvalue weighted by molar-refractivity contribution is -0.134. The molecule has 43 heavy (non-hydrogen) atoms. The van der Waals surface area contributed by atoms with Gasteiger partial charge in [0.15, 0.2) is 9.84 Å². The molecule has 12 heteroatoms. The van der Waals surface area contributed by atoms with Crippen LogP contribution in [0.25, 0.3) is 0 Å². The fourth-order valence-corrected chi connectivity index (χ4v) is 5.92. The molecule has 11 nitrogen and oxygen atoms in total. The van der Waals surface area contributed by atoms with E-state index in [1.165, 1.54) is 30.0 Å². The number of aliphatic carboxylic acids is 2. The van der Waals surface area contributed by atoms with Crippen LogP contribution in [0, 0.1) is 0 Å². The summed E-state index contributed by atoms with van der Waals surface area (Å²) in [5, 5.41) is 33.8. The summed E-state index contributed by atoms with van der Waals surface area (Å²) in [7, 11) is -2.13. The van der Waals surface area contributed by atoms with Gasteiger partial charge >= 0.3 is 11.9 Å². The van der Waals surface area contributed by atoms with Gasteiger partial charge in [0.25, 0.3) is 0 Å². The molecular formula is C31H40N2O9S. The van der Waals surface area contributed by atoms with Crippen molar-refractivity contribution in [3.8, 4) is 11.5 Å². The van der Waals surface area contributed by atoms with Gasteiger partial charge in [0.05, 0.1) is 28.1 Å². The molecule has 2 aromatic rings. The normalized spacial score (nSPS) is 15.8. The van der Waals surface area contributed by atoms with Gasteiger partial charge in [-0.2, -0.15) is 0 Å². The SMILES string of the molecule is CC1=C(C(=O)O)C(C)(c2cc(S(C)(=O)=O)ccc2OCCCCNCC(O)COc2ccccc2)C(C(=O)O)=C(C)N1C. The number of benzene rings is 2. The second kappa shape index (κ2) is 14.1. The quantitative estimate of drug-likeness (QED) is 0.217. The van der Waals surface area contributed by atoms with Crippen LogP contribution in [-0.4, -0.2) is 86.3 Å². The summed E-state index contributed by atoms with van der Waals surface area (Å²) >= 11 is 0. The molecule has 0 fully saturated rings. The third-order valence-corrected chi connectivity index (χ3v) is 8.76. The monoisotopic (exact) mass is 616 g/mol. The number of hydrogen-bond acceptors (Lipinski definition) is 9. The zero-order valence-corrected chi connectivity index (χ0v) is 25.9. The molecule has 1 aliphatic rings. The second-order valence-corrected chi connectivity index (χ2v) is 12.7. The Balaban J connectivity index is 1.76. The van der Waals surface area contributed by atoms with Crippen molar-refractivity contribution in [3.63, 3.8) is 0 Å². The van der Waals surface area contributed by atoms with Gasteiger partial charge in [-0.05, 0) is 70.5 Å². The van der Waals surface area contributed by atoms with Crippen molar-refractivity contribution in [3.05, 3.63) is 76.6 Å². The van der Waals surface area contributed by atoms with Gasteiger partial charge in [0.2, 0.25) is 0 Å². The van der Waals surface area contributed by atoms with Crippen LogP contribution in [0.4, 0.5) is 0 Å². The van der Waals surface area contributed by atoms with Gasteiger partial charge in [-0.1, -0.05) is 18.2 Å². The smallest absolute Gasteiger partial charge is 0.334 e. The van der Waals surface area contributed by atoms with Crippen LogP contribution in [0.3, 0.4) is 0 Å². The van der Waals surface area contributed by atoms with Gasteiger partial charge in [-0.3, -0.25) is 0 Å². The Morgan fingerprint density at radius 2 is 1.58 bits per heavy atom. The Hall–Kier alpha value is -3.87. The Morgan fingerprint density at radius 3 is 2.14 bits per heavy atom. The molecule has 0 radical (unpaired) electrons. The van der Waals surface area contributed by atoms with E-state index in [0.29, 0.717) is 43.1 Å². The average Bonchev–Trinajstić information content (AvgIpc) is 2.94. The lowest BCUT2D eigenvalue weighted by Gasteiger charge is -2.42. The zero-order valence-electron chi connectivity index (χ0n) is 25.1. The van der Waals surface area contributed by atoms with Crippen molar-refractivity contribution in [2.45, 2.75) is 50.0 Å². The van der Waals surface area contributed by atoms with E-state index in [1.807, 2.05) is 30.3 Å². The number of sulfone groups is 1. The zero-order chi connectivity index (χ0) is 31.9. The largest absolute Gasteiger partial charge is 0.493 e. The molecule has 0 amide bonds. The number of carboxylic acid groups (broad SMARTS) is 2. The number of nitrogens with zero attached hydrogens (tertiary/aromatic N) is 1. The molecule has 0 aromatic heterocycles. The van der Waals surface area contributed by atoms with Gasteiger partial charge < -0.3 is 35.0 Å². The fraction of sp³-hybridized carbons (Fsp3) is 0.419. The first-order valence-electron chi connectivity index (χ1n) is 13.9. The molecule has 0 aliphatic carbocycles. The van der Waals surface area contributed by atoms with Crippen LogP contribution >= 0.6 is 0 Å². The van der Waals surface area contributed by atoms with Crippen molar-refractivity contribution in [1.29, 1.82) is 0 Å². The summed E-state index contributed by atoms with van der Waals surface area (Å²) < 4.78 is 36.6. The van der Waals surface area contributed by atoms with Gasteiger partial charge in [-0.15, -0.1) is 0 Å². The predicted molar refractivity (Wildman–Crippen MR) is 161 cm³/mol. The van der Waals surface area contributed by atoms with E-state index in [0.717, 1.165) is 6.26 Å². The van der Waals surface area contributed by atoms with Gasteiger partial charge in [0.1, 0.15) is 24.2 Å². The summed E-state index contributed by atoms with van der Waals surface area (Å²) in [5.74, 6) is -1.77. The van der Waals surface area contributed by atoms with Crippen molar-refractivity contribution in [1.82, 2.24) is 10.2 Å². The highest BCUT2D eigenvalue weighted by atomic mass is 32.2. The molecule has 3 rings (SSSR count). The number of aliphatic hydroxyl groups excluding tert-OH is 1. The molecule has 2 aromatic carbocycles. The first-order valence-corrected chi connectivity index (χ1v) is 15.8. The minimum Gasteiger partial charge on any atom is -0.493 e. The maximum atomic E-state index is 12.6. The number of para-hydroxylation sites is 1. The van der Waals surface area contributed by atoms with E-state index in [4.69, 9.17) is 9.47 Å². The summed E-state index contributed by atoms with van der Waals surface area (Å²) in [6.45, 7) is 5.94. The Bertz CT molecular complexity index is 1460. The minimum atomic E-state index is -3.71. The molecule has 234 valence electrons. The fourth-order valence-electron chi connectivity index (χ4n) is 5.27. The van der Waals surface area contributed by atoms with E-state index in [9.17, 15) is 33.3 Å². The number of allylic oxidation sites excluding steroid dienone is 2. The molecular weight excluding hydrogens is 576 g/mol. The lowest BCUT2D eigenvalue weighted by Crippen LogP contribution is -2.43. The molecule has 0 spiro atoms. The topological polar surface area (TPSA) is 163 Å². The summed E-state index contributed by atoms with van der Waals surface area (Å²) in [6, 6.07) is 13.3. The molecule has 0 bridgehead atoms. The highest BCUT2D eigenvalue weighted by Gasteiger charge is 2.49. The standard InChI is InChI=1S/C31H40N2O9S/c1-20-27(29(35)36)31(3,28(30(37)38)21(2)33(20)4)25-17-24(43(5,39)40)13-14-26(25)41-16-10-9-15-32-18-22(34)19-42-23-11-7-6-8-12-23/h6-8,11-14,17,22,32,34H,9-10,15-16,18-19H2,1-5H3,(H,35,36)(H,37,38). The highest BCUT2D eigenvalue weighted by Crippen LogP contribution is 2.49. The predicted octanol–water partition coefficient (Wildman–Crippen LogP) is 3.20. The van der Waals surface area contributed by atoms with Crippen molar-refractivity contribution >= 4 is 21.8 Å². The van der Waals surface area contributed by atoms with Crippen molar-refractivity contribution in [2.75, 3.05) is 39.6 Å². The van der Waals surface area contributed by atoms with Gasteiger partial charge in [-0.25, -0.2) is 18.0 Å². The van der Waals surface area contributed by atoms with Crippen LogP contribution in [0.15, 0.2) is 76.0 Å². The van der Waals surface area contributed by atoms with E-state index < -0.39 is 33.3 Å². The first kappa shape index (κ1) is 33.6. The summed E-state index contributed by atoms with van der Waals surface area (Å²) in [4.78, 5) is 26.6. The number of ether oxygens (including phenoxy) is 2. The van der Waals surface area contributed by atoms with E-state index in [2.05, 4.69) is 5.32 Å². The summed E-state index contributed by atoms with van der Waals surface area (Å²) in [6.07, 6.45) is 1.60. The number of rotatable bonds is 15. The Morgan fingerprint density at radius 1 is 0.977 bits per heavy atom. The average molecular weight is 617 g/mol. The number of aliphatic hydroxyl groups is 1. The van der Waals surface area contributed by atoms with E-state index in [-0.39, 0.29) is 40.6 Å². The van der Waals surface area contributed by atoms with Crippen LogP contribution in [0.5, 0.6) is 11.5 Å². The number of carboxylic acids is 2. The maximum absolute atomic E-state index is 12.6. The van der Waals surface area contributed by atoms with Crippen LogP contribution in [0.1, 0.15) is 39.2 Å². The van der Waals surface area contributed by atoms with Crippen LogP contribution in [-0.2, 0) is 24.8 Å². The number of nitrogens with one attached hydrogen (secondary N) is 1. The van der Waals surface area contributed by atoms with E-state index in [1.54, 1.807) is 20.9 Å². The molecule has 4 N–H and O–H groups in total. The molecule has 1 unspecified atom stereocenters.